The molecule has 1 aromatic rings. The fraction of sp³-hybridized carbons (Fsp3) is 0.429. The van der Waals surface area contributed by atoms with Gasteiger partial charge >= 0.3 is 0 Å². The van der Waals surface area contributed by atoms with Crippen LogP contribution < -0.4 is 21.1 Å². The van der Waals surface area contributed by atoms with Crippen LogP contribution in [-0.4, -0.2) is 31.0 Å². The monoisotopic (exact) mass is 277 g/mol. The van der Waals surface area contributed by atoms with Gasteiger partial charge in [-0.15, -0.1) is 0 Å². The summed E-state index contributed by atoms with van der Waals surface area (Å²) in [5.74, 6) is 0.242. The summed E-state index contributed by atoms with van der Waals surface area (Å²) in [6.45, 7) is 1.15. The normalized spacial score (nSPS) is 17.7. The van der Waals surface area contributed by atoms with E-state index in [0.717, 1.165) is 25.1 Å². The lowest BCUT2D eigenvalue weighted by Crippen LogP contribution is -2.35. The highest BCUT2D eigenvalue weighted by Gasteiger charge is 2.21. The number of primary amides is 1. The average Bonchev–Trinajstić information content (AvgIpc) is 2.94. The first kappa shape index (κ1) is 14.3. The maximum absolute atomic E-state index is 11.9. The van der Waals surface area contributed by atoms with Crippen LogP contribution in [0.3, 0.4) is 0 Å². The van der Waals surface area contributed by atoms with Crippen LogP contribution in [0.15, 0.2) is 24.3 Å². The van der Waals surface area contributed by atoms with E-state index < -0.39 is 5.91 Å². The van der Waals surface area contributed by atoms with Crippen molar-refractivity contribution in [2.45, 2.75) is 25.3 Å². The van der Waals surface area contributed by atoms with Crippen molar-refractivity contribution in [3.8, 4) is 5.75 Å². The predicted molar refractivity (Wildman–Crippen MR) is 75.4 cm³/mol. The molecule has 108 valence electrons. The van der Waals surface area contributed by atoms with Crippen molar-refractivity contribution >= 4 is 17.5 Å². The molecule has 1 aromatic carbocycles. The Balaban J connectivity index is 1.81. The number of carbonyl (C=O) groups excluding carboxylic acids is 2. The molecule has 1 fully saturated rings. The van der Waals surface area contributed by atoms with Gasteiger partial charge in [-0.1, -0.05) is 0 Å². The standard InChI is InChI=1S/C14H19N3O3/c15-13(18)7-9-20-11-5-3-10(4-6-11)17-14(19)12-2-1-8-16-12/h3-6,12,16H,1-2,7-9H2,(H2,15,18)(H,17,19). The molecule has 6 heteroatoms. The highest BCUT2D eigenvalue weighted by molar-refractivity contribution is 5.95. The van der Waals surface area contributed by atoms with Gasteiger partial charge in [-0.05, 0) is 43.7 Å². The molecule has 2 rings (SSSR count). The van der Waals surface area contributed by atoms with Gasteiger partial charge in [0.25, 0.3) is 0 Å². The Kier molecular flexibility index (Phi) is 4.95. The number of nitrogens with one attached hydrogen (secondary N) is 2. The third-order valence-electron chi connectivity index (χ3n) is 3.12. The first-order valence-electron chi connectivity index (χ1n) is 6.70. The molecule has 0 radical (unpaired) electrons. The minimum atomic E-state index is -0.391. The molecule has 1 aliphatic rings. The molecule has 1 unspecified atom stereocenters. The molecular weight excluding hydrogens is 258 g/mol. The topological polar surface area (TPSA) is 93.5 Å². The van der Waals surface area contributed by atoms with Crippen LogP contribution in [-0.2, 0) is 9.59 Å². The van der Waals surface area contributed by atoms with Crippen LogP contribution in [0.4, 0.5) is 5.69 Å². The van der Waals surface area contributed by atoms with E-state index in [1.54, 1.807) is 24.3 Å². The largest absolute Gasteiger partial charge is 0.493 e. The molecule has 1 saturated heterocycles. The summed E-state index contributed by atoms with van der Waals surface area (Å²) in [5, 5.41) is 6.00. The van der Waals surface area contributed by atoms with Crippen molar-refractivity contribution in [1.29, 1.82) is 0 Å². The number of carbonyl (C=O) groups is 2. The van der Waals surface area contributed by atoms with E-state index in [9.17, 15) is 9.59 Å². The van der Waals surface area contributed by atoms with E-state index >= 15 is 0 Å². The number of benzene rings is 1. The van der Waals surface area contributed by atoms with Gasteiger partial charge in [0.2, 0.25) is 11.8 Å². The van der Waals surface area contributed by atoms with Crippen molar-refractivity contribution < 1.29 is 14.3 Å². The lowest BCUT2D eigenvalue weighted by Gasteiger charge is -2.11. The molecule has 0 aliphatic carbocycles. The van der Waals surface area contributed by atoms with Crippen LogP contribution in [0, 0.1) is 0 Å². The molecular formula is C14H19N3O3. The Hall–Kier alpha value is -2.08. The van der Waals surface area contributed by atoms with Gasteiger partial charge < -0.3 is 21.1 Å². The lowest BCUT2D eigenvalue weighted by atomic mass is 10.2. The van der Waals surface area contributed by atoms with Gasteiger partial charge in [0.15, 0.2) is 0 Å². The SMILES string of the molecule is NC(=O)CCOc1ccc(NC(=O)C2CCCN2)cc1. The second kappa shape index (κ2) is 6.91. The van der Waals surface area contributed by atoms with Crippen LogP contribution in [0.25, 0.3) is 0 Å². The Morgan fingerprint density at radius 1 is 1.35 bits per heavy atom. The fourth-order valence-corrected chi connectivity index (χ4v) is 2.04. The van der Waals surface area contributed by atoms with Gasteiger partial charge in [0, 0.05) is 5.69 Å². The van der Waals surface area contributed by atoms with Crippen LogP contribution in [0.5, 0.6) is 5.75 Å². The second-order valence-corrected chi connectivity index (χ2v) is 4.73. The number of amides is 2. The minimum absolute atomic E-state index is 0.00935. The van der Waals surface area contributed by atoms with Crippen molar-refractivity contribution in [2.24, 2.45) is 5.73 Å². The van der Waals surface area contributed by atoms with E-state index in [-0.39, 0.29) is 25.0 Å². The summed E-state index contributed by atoms with van der Waals surface area (Å²) in [6.07, 6.45) is 2.09. The molecule has 4 N–H and O–H groups in total. The number of nitrogens with two attached hydrogens (primary N) is 1. The van der Waals surface area contributed by atoms with Crippen LogP contribution >= 0.6 is 0 Å². The van der Waals surface area contributed by atoms with Crippen molar-refractivity contribution in [2.75, 3.05) is 18.5 Å². The first-order valence-corrected chi connectivity index (χ1v) is 6.70. The summed E-state index contributed by atoms with van der Waals surface area (Å²) < 4.78 is 5.35. The zero-order valence-electron chi connectivity index (χ0n) is 11.2. The van der Waals surface area contributed by atoms with Gasteiger partial charge in [-0.3, -0.25) is 9.59 Å². The predicted octanol–water partition coefficient (Wildman–Crippen LogP) is 0.631. The fourth-order valence-electron chi connectivity index (χ4n) is 2.04. The van der Waals surface area contributed by atoms with Crippen molar-refractivity contribution in [3.05, 3.63) is 24.3 Å². The molecule has 20 heavy (non-hydrogen) atoms. The summed E-state index contributed by atoms with van der Waals surface area (Å²) >= 11 is 0. The highest BCUT2D eigenvalue weighted by atomic mass is 16.5. The van der Waals surface area contributed by atoms with Crippen molar-refractivity contribution in [1.82, 2.24) is 5.32 Å². The van der Waals surface area contributed by atoms with Crippen molar-refractivity contribution in [3.63, 3.8) is 0 Å². The summed E-state index contributed by atoms with van der Waals surface area (Å²) in [6, 6.07) is 6.94. The number of ether oxygens (including phenoxy) is 1. The Labute approximate surface area is 117 Å². The van der Waals surface area contributed by atoms with Gasteiger partial charge in [0.1, 0.15) is 5.75 Å². The third-order valence-corrected chi connectivity index (χ3v) is 3.12. The molecule has 1 aliphatic heterocycles. The molecule has 1 atom stereocenters. The molecule has 1 heterocycles. The van der Waals surface area contributed by atoms with Gasteiger partial charge in [-0.2, -0.15) is 0 Å². The first-order chi connectivity index (χ1) is 9.65. The Bertz CT molecular complexity index is 467. The van der Waals surface area contributed by atoms with E-state index in [1.807, 2.05) is 0 Å². The zero-order chi connectivity index (χ0) is 14.4. The lowest BCUT2D eigenvalue weighted by molar-refractivity contribution is -0.119. The molecule has 0 spiro atoms. The minimum Gasteiger partial charge on any atom is -0.493 e. The summed E-state index contributed by atoms with van der Waals surface area (Å²) in [5.41, 5.74) is 5.75. The summed E-state index contributed by atoms with van der Waals surface area (Å²) in [4.78, 5) is 22.5. The number of hydrogen-bond donors (Lipinski definition) is 3. The van der Waals surface area contributed by atoms with E-state index in [2.05, 4.69) is 10.6 Å². The molecule has 0 saturated carbocycles. The third kappa shape index (κ3) is 4.24. The smallest absolute Gasteiger partial charge is 0.241 e. The Morgan fingerprint density at radius 3 is 2.70 bits per heavy atom. The number of anilines is 1. The van der Waals surface area contributed by atoms with E-state index in [4.69, 9.17) is 10.5 Å². The average molecular weight is 277 g/mol. The molecule has 6 nitrogen and oxygen atoms in total. The molecule has 2 amide bonds. The number of hydrogen-bond acceptors (Lipinski definition) is 4. The molecule has 0 bridgehead atoms. The van der Waals surface area contributed by atoms with Gasteiger partial charge in [-0.25, -0.2) is 0 Å². The van der Waals surface area contributed by atoms with E-state index in [1.165, 1.54) is 0 Å². The maximum Gasteiger partial charge on any atom is 0.241 e. The second-order valence-electron chi connectivity index (χ2n) is 4.73. The number of rotatable bonds is 6. The Morgan fingerprint density at radius 2 is 2.10 bits per heavy atom. The summed E-state index contributed by atoms with van der Waals surface area (Å²) in [7, 11) is 0. The van der Waals surface area contributed by atoms with Gasteiger partial charge in [0.05, 0.1) is 19.1 Å². The molecule has 0 aromatic heterocycles. The zero-order valence-corrected chi connectivity index (χ0v) is 11.2. The maximum atomic E-state index is 11.9. The highest BCUT2D eigenvalue weighted by Crippen LogP contribution is 2.17. The quantitative estimate of drug-likeness (QED) is 0.711. The van der Waals surface area contributed by atoms with E-state index in [0.29, 0.717) is 5.75 Å². The van der Waals surface area contributed by atoms with Crippen LogP contribution in [0.2, 0.25) is 0 Å². The van der Waals surface area contributed by atoms with Crippen LogP contribution in [0.1, 0.15) is 19.3 Å².